The van der Waals surface area contributed by atoms with E-state index >= 15 is 0 Å². The Hall–Kier alpha value is -0.370. The molecule has 1 saturated heterocycles. The number of Topliss-reactive ketones (excluding diaryl/α,β-unsaturated/α-hetero) is 1. The molecular formula is C11H19NO. The first-order valence-corrected chi connectivity index (χ1v) is 5.35. The Balaban J connectivity index is 1.84. The third-order valence-corrected chi connectivity index (χ3v) is 3.63. The predicted octanol–water partition coefficient (Wildman–Crippen LogP) is 1.84. The van der Waals surface area contributed by atoms with E-state index in [1.165, 1.54) is 32.4 Å². The van der Waals surface area contributed by atoms with Crippen LogP contribution in [0.4, 0.5) is 0 Å². The number of rotatable bonds is 3. The van der Waals surface area contributed by atoms with E-state index in [0.717, 1.165) is 6.42 Å². The summed E-state index contributed by atoms with van der Waals surface area (Å²) in [5, 5.41) is 0. The van der Waals surface area contributed by atoms with E-state index in [9.17, 15) is 4.79 Å². The van der Waals surface area contributed by atoms with Gasteiger partial charge in [0, 0.05) is 19.0 Å². The molecule has 74 valence electrons. The summed E-state index contributed by atoms with van der Waals surface area (Å²) in [6, 6.07) is 0.470. The Bertz CT molecular complexity index is 220. The van der Waals surface area contributed by atoms with Crippen LogP contribution in [-0.4, -0.2) is 29.8 Å². The standard InChI is InChI=1S/C11H19NO/c1-9(7-10(2)13)12-6-5-11(8-12)3-4-11/h9H,3-8H2,1-2H3. The molecule has 0 aromatic rings. The fraction of sp³-hybridized carbons (Fsp3) is 0.909. The zero-order valence-corrected chi connectivity index (χ0v) is 8.68. The van der Waals surface area contributed by atoms with Crippen molar-refractivity contribution in [3.8, 4) is 0 Å². The van der Waals surface area contributed by atoms with E-state index in [4.69, 9.17) is 0 Å². The Morgan fingerprint density at radius 2 is 2.15 bits per heavy atom. The number of likely N-dealkylation sites (tertiary alicyclic amines) is 1. The van der Waals surface area contributed by atoms with Crippen LogP contribution in [0.5, 0.6) is 0 Å². The average Bonchev–Trinajstić information content (AvgIpc) is 2.59. The summed E-state index contributed by atoms with van der Waals surface area (Å²) < 4.78 is 0. The second-order valence-corrected chi connectivity index (χ2v) is 4.98. The molecular weight excluding hydrogens is 162 g/mol. The van der Waals surface area contributed by atoms with E-state index in [2.05, 4.69) is 11.8 Å². The van der Waals surface area contributed by atoms with Crippen molar-refractivity contribution in [2.45, 2.75) is 45.6 Å². The molecule has 2 fully saturated rings. The molecule has 1 saturated carbocycles. The molecule has 0 aromatic carbocycles. The topological polar surface area (TPSA) is 20.3 Å². The van der Waals surface area contributed by atoms with Gasteiger partial charge in [-0.1, -0.05) is 0 Å². The predicted molar refractivity (Wildman–Crippen MR) is 52.6 cm³/mol. The van der Waals surface area contributed by atoms with E-state index in [-0.39, 0.29) is 0 Å². The summed E-state index contributed by atoms with van der Waals surface area (Å²) in [5.74, 6) is 0.323. The Morgan fingerprint density at radius 1 is 1.46 bits per heavy atom. The number of nitrogens with zero attached hydrogens (tertiary/aromatic N) is 1. The zero-order valence-electron chi connectivity index (χ0n) is 8.68. The molecule has 2 rings (SSSR count). The van der Waals surface area contributed by atoms with Gasteiger partial charge in [-0.2, -0.15) is 0 Å². The van der Waals surface area contributed by atoms with Gasteiger partial charge in [-0.25, -0.2) is 0 Å². The summed E-state index contributed by atoms with van der Waals surface area (Å²) in [7, 11) is 0. The lowest BCUT2D eigenvalue weighted by molar-refractivity contribution is -0.118. The van der Waals surface area contributed by atoms with Crippen LogP contribution in [0.1, 0.15) is 39.5 Å². The fourth-order valence-electron chi connectivity index (χ4n) is 2.48. The molecule has 1 aliphatic carbocycles. The first kappa shape index (κ1) is 9.20. The van der Waals surface area contributed by atoms with Crippen LogP contribution in [0.15, 0.2) is 0 Å². The second kappa shape index (κ2) is 3.09. The minimum atomic E-state index is 0.323. The number of hydrogen-bond donors (Lipinski definition) is 0. The van der Waals surface area contributed by atoms with Crippen LogP contribution in [-0.2, 0) is 4.79 Å². The van der Waals surface area contributed by atoms with Crippen molar-refractivity contribution in [3.05, 3.63) is 0 Å². The zero-order chi connectivity index (χ0) is 9.47. The minimum Gasteiger partial charge on any atom is -0.300 e. The molecule has 2 heteroatoms. The van der Waals surface area contributed by atoms with Crippen LogP contribution < -0.4 is 0 Å². The van der Waals surface area contributed by atoms with Gasteiger partial charge in [0.2, 0.25) is 0 Å². The van der Waals surface area contributed by atoms with Crippen molar-refractivity contribution in [1.82, 2.24) is 4.90 Å². The number of carbonyl (C=O) groups is 1. The van der Waals surface area contributed by atoms with Crippen molar-refractivity contribution in [2.24, 2.45) is 5.41 Å². The highest BCUT2D eigenvalue weighted by atomic mass is 16.1. The quantitative estimate of drug-likeness (QED) is 0.662. The Kier molecular flexibility index (Phi) is 2.18. The van der Waals surface area contributed by atoms with Crippen molar-refractivity contribution < 1.29 is 4.79 Å². The molecule has 1 atom stereocenters. The SMILES string of the molecule is CC(=O)CC(C)N1CCC2(CC2)C1. The number of ketones is 1. The molecule has 0 aromatic heterocycles. The maximum Gasteiger partial charge on any atom is 0.131 e. The normalized spacial score (nSPS) is 27.8. The van der Waals surface area contributed by atoms with Crippen molar-refractivity contribution in [2.75, 3.05) is 13.1 Å². The van der Waals surface area contributed by atoms with Crippen molar-refractivity contribution in [3.63, 3.8) is 0 Å². The fourth-order valence-corrected chi connectivity index (χ4v) is 2.48. The van der Waals surface area contributed by atoms with Crippen LogP contribution in [0.3, 0.4) is 0 Å². The monoisotopic (exact) mass is 181 g/mol. The van der Waals surface area contributed by atoms with Crippen LogP contribution in [0.25, 0.3) is 0 Å². The van der Waals surface area contributed by atoms with Crippen molar-refractivity contribution >= 4 is 5.78 Å². The summed E-state index contributed by atoms with van der Waals surface area (Å²) in [5.41, 5.74) is 0.699. The Labute approximate surface area is 80.3 Å². The third-order valence-electron chi connectivity index (χ3n) is 3.63. The molecule has 0 bridgehead atoms. The minimum absolute atomic E-state index is 0.323. The number of carbonyl (C=O) groups excluding carboxylic acids is 1. The molecule has 0 amide bonds. The van der Waals surface area contributed by atoms with Gasteiger partial charge >= 0.3 is 0 Å². The first-order chi connectivity index (χ1) is 6.11. The van der Waals surface area contributed by atoms with Crippen LogP contribution in [0, 0.1) is 5.41 Å². The molecule has 1 heterocycles. The lowest BCUT2D eigenvalue weighted by Crippen LogP contribution is -2.32. The van der Waals surface area contributed by atoms with E-state index in [1.807, 2.05) is 0 Å². The number of hydrogen-bond acceptors (Lipinski definition) is 2. The van der Waals surface area contributed by atoms with Gasteiger partial charge in [0.15, 0.2) is 0 Å². The summed E-state index contributed by atoms with van der Waals surface area (Å²) in [6.45, 7) is 6.35. The lowest BCUT2D eigenvalue weighted by Gasteiger charge is -2.23. The third kappa shape index (κ3) is 1.93. The second-order valence-electron chi connectivity index (χ2n) is 4.98. The van der Waals surface area contributed by atoms with Gasteiger partial charge < -0.3 is 0 Å². The molecule has 1 spiro atoms. The van der Waals surface area contributed by atoms with Gasteiger partial charge in [-0.3, -0.25) is 9.69 Å². The molecule has 2 nitrogen and oxygen atoms in total. The molecule has 1 aliphatic heterocycles. The molecule has 13 heavy (non-hydrogen) atoms. The molecule has 0 N–H and O–H groups in total. The lowest BCUT2D eigenvalue weighted by atomic mass is 10.1. The summed E-state index contributed by atoms with van der Waals surface area (Å²) in [4.78, 5) is 13.5. The molecule has 2 aliphatic rings. The van der Waals surface area contributed by atoms with Gasteiger partial charge in [-0.05, 0) is 45.1 Å². The van der Waals surface area contributed by atoms with Crippen LogP contribution in [0.2, 0.25) is 0 Å². The maximum absolute atomic E-state index is 11.0. The van der Waals surface area contributed by atoms with E-state index < -0.39 is 0 Å². The smallest absolute Gasteiger partial charge is 0.131 e. The van der Waals surface area contributed by atoms with E-state index in [1.54, 1.807) is 6.92 Å². The van der Waals surface area contributed by atoms with Gasteiger partial charge in [-0.15, -0.1) is 0 Å². The highest BCUT2D eigenvalue weighted by Gasteiger charge is 2.48. The van der Waals surface area contributed by atoms with Gasteiger partial charge in [0.05, 0.1) is 0 Å². The Morgan fingerprint density at radius 3 is 2.62 bits per heavy atom. The molecule has 1 unspecified atom stereocenters. The van der Waals surface area contributed by atoms with Crippen molar-refractivity contribution in [1.29, 1.82) is 0 Å². The summed E-state index contributed by atoms with van der Waals surface area (Å²) in [6.07, 6.45) is 4.96. The van der Waals surface area contributed by atoms with E-state index in [0.29, 0.717) is 17.2 Å². The highest BCUT2D eigenvalue weighted by molar-refractivity contribution is 5.76. The first-order valence-electron chi connectivity index (χ1n) is 5.35. The van der Waals surface area contributed by atoms with Crippen LogP contribution >= 0.6 is 0 Å². The maximum atomic E-state index is 11.0. The largest absolute Gasteiger partial charge is 0.300 e. The van der Waals surface area contributed by atoms with Gasteiger partial charge in [0.1, 0.15) is 5.78 Å². The summed E-state index contributed by atoms with van der Waals surface area (Å²) >= 11 is 0. The average molecular weight is 181 g/mol. The highest BCUT2D eigenvalue weighted by Crippen LogP contribution is 2.53. The molecule has 0 radical (unpaired) electrons. The van der Waals surface area contributed by atoms with Gasteiger partial charge in [0.25, 0.3) is 0 Å².